The van der Waals surface area contributed by atoms with Crippen molar-refractivity contribution in [1.29, 1.82) is 0 Å². The zero-order chi connectivity index (χ0) is 12.4. The average Bonchev–Trinajstić information content (AvgIpc) is 2.26. The van der Waals surface area contributed by atoms with Crippen molar-refractivity contribution in [3.63, 3.8) is 0 Å². The lowest BCUT2D eigenvalue weighted by Gasteiger charge is -2.03. The molecular formula is C13H10FNO2. The van der Waals surface area contributed by atoms with E-state index >= 15 is 0 Å². The van der Waals surface area contributed by atoms with Crippen LogP contribution in [0.25, 0.3) is 17.0 Å². The van der Waals surface area contributed by atoms with Crippen molar-refractivity contribution in [2.75, 3.05) is 0 Å². The Hall–Kier alpha value is -2.23. The third kappa shape index (κ3) is 2.47. The third-order valence-corrected chi connectivity index (χ3v) is 2.33. The Morgan fingerprint density at radius 1 is 1.41 bits per heavy atom. The Morgan fingerprint density at radius 2 is 2.18 bits per heavy atom. The van der Waals surface area contributed by atoms with Gasteiger partial charge in [0.25, 0.3) is 0 Å². The van der Waals surface area contributed by atoms with Crippen LogP contribution in [-0.2, 0) is 4.79 Å². The first kappa shape index (κ1) is 11.3. The Labute approximate surface area is 97.2 Å². The van der Waals surface area contributed by atoms with Gasteiger partial charge in [0.05, 0.1) is 5.52 Å². The van der Waals surface area contributed by atoms with E-state index in [0.29, 0.717) is 16.5 Å². The highest BCUT2D eigenvalue weighted by atomic mass is 19.1. The van der Waals surface area contributed by atoms with Crippen LogP contribution in [0.15, 0.2) is 30.3 Å². The van der Waals surface area contributed by atoms with Gasteiger partial charge in [-0.25, -0.2) is 9.18 Å². The van der Waals surface area contributed by atoms with Crippen LogP contribution in [-0.4, -0.2) is 16.1 Å². The molecule has 2 aromatic rings. The van der Waals surface area contributed by atoms with E-state index in [0.717, 1.165) is 11.8 Å². The van der Waals surface area contributed by atoms with E-state index < -0.39 is 11.8 Å². The number of hydrogen-bond donors (Lipinski definition) is 1. The highest BCUT2D eigenvalue weighted by molar-refractivity contribution is 5.92. The highest BCUT2D eigenvalue weighted by Gasteiger charge is 2.04. The van der Waals surface area contributed by atoms with Crippen molar-refractivity contribution >= 4 is 22.9 Å². The second-order valence-corrected chi connectivity index (χ2v) is 3.69. The number of carboxylic acids is 1. The van der Waals surface area contributed by atoms with Crippen LogP contribution < -0.4 is 0 Å². The van der Waals surface area contributed by atoms with E-state index in [-0.39, 0.29) is 0 Å². The summed E-state index contributed by atoms with van der Waals surface area (Å²) in [7, 11) is 0. The van der Waals surface area contributed by atoms with Crippen molar-refractivity contribution in [1.82, 2.24) is 4.98 Å². The Balaban J connectivity index is 2.67. The number of carboxylic acid groups (broad SMARTS) is 1. The molecule has 86 valence electrons. The van der Waals surface area contributed by atoms with E-state index in [1.165, 1.54) is 18.2 Å². The van der Waals surface area contributed by atoms with Crippen LogP contribution in [0.5, 0.6) is 0 Å². The summed E-state index contributed by atoms with van der Waals surface area (Å²) in [5.41, 5.74) is 1.86. The molecule has 1 aromatic carbocycles. The molecule has 17 heavy (non-hydrogen) atoms. The number of carbonyl (C=O) groups is 1. The van der Waals surface area contributed by atoms with E-state index in [4.69, 9.17) is 5.11 Å². The molecule has 0 spiro atoms. The quantitative estimate of drug-likeness (QED) is 0.808. The van der Waals surface area contributed by atoms with Crippen LogP contribution in [0.4, 0.5) is 4.39 Å². The van der Waals surface area contributed by atoms with Gasteiger partial charge in [0.15, 0.2) is 0 Å². The maximum Gasteiger partial charge on any atom is 0.328 e. The number of aryl methyl sites for hydroxylation is 1. The van der Waals surface area contributed by atoms with Gasteiger partial charge in [-0.1, -0.05) is 6.07 Å². The number of aromatic nitrogens is 1. The molecule has 0 aliphatic carbocycles. The fourth-order valence-electron chi connectivity index (χ4n) is 1.61. The number of fused-ring (bicyclic) bond motifs is 1. The van der Waals surface area contributed by atoms with Crippen LogP contribution in [0.2, 0.25) is 0 Å². The largest absolute Gasteiger partial charge is 0.478 e. The van der Waals surface area contributed by atoms with Gasteiger partial charge >= 0.3 is 5.97 Å². The molecule has 0 aliphatic rings. The molecule has 0 aliphatic heterocycles. The number of aliphatic carboxylic acids is 1. The summed E-state index contributed by atoms with van der Waals surface area (Å²) in [6.07, 6.45) is 2.32. The predicted octanol–water partition coefficient (Wildman–Crippen LogP) is 2.78. The lowest BCUT2D eigenvalue weighted by molar-refractivity contribution is -0.131. The molecule has 4 heteroatoms. The number of rotatable bonds is 2. The fourth-order valence-corrected chi connectivity index (χ4v) is 1.61. The maximum atomic E-state index is 13.3. The lowest BCUT2D eigenvalue weighted by Crippen LogP contribution is -1.90. The Bertz CT molecular complexity index is 620. The molecule has 2 rings (SSSR count). The summed E-state index contributed by atoms with van der Waals surface area (Å²) in [4.78, 5) is 14.7. The van der Waals surface area contributed by atoms with Gasteiger partial charge in [0.2, 0.25) is 0 Å². The Kier molecular flexibility index (Phi) is 2.87. The number of nitrogens with zero attached hydrogens (tertiary/aromatic N) is 1. The zero-order valence-electron chi connectivity index (χ0n) is 9.14. The number of halogens is 1. The van der Waals surface area contributed by atoms with Gasteiger partial charge in [-0.05, 0) is 31.2 Å². The third-order valence-electron chi connectivity index (χ3n) is 2.33. The minimum absolute atomic E-state index is 0.409. The van der Waals surface area contributed by atoms with Crippen molar-refractivity contribution in [2.45, 2.75) is 6.92 Å². The van der Waals surface area contributed by atoms with Crippen molar-refractivity contribution in [3.05, 3.63) is 47.4 Å². The van der Waals surface area contributed by atoms with E-state index in [9.17, 15) is 9.18 Å². The molecule has 0 saturated carbocycles. The molecular weight excluding hydrogens is 221 g/mol. The molecule has 0 unspecified atom stereocenters. The summed E-state index contributed by atoms with van der Waals surface area (Å²) in [6.45, 7) is 1.83. The van der Waals surface area contributed by atoms with Gasteiger partial charge in [0.1, 0.15) is 5.82 Å². The van der Waals surface area contributed by atoms with Crippen molar-refractivity contribution in [3.8, 4) is 0 Å². The van der Waals surface area contributed by atoms with E-state index in [1.807, 2.05) is 6.92 Å². The van der Waals surface area contributed by atoms with Crippen molar-refractivity contribution < 1.29 is 14.3 Å². The van der Waals surface area contributed by atoms with Gasteiger partial charge in [-0.15, -0.1) is 0 Å². The monoisotopic (exact) mass is 231 g/mol. The van der Waals surface area contributed by atoms with Gasteiger partial charge in [-0.3, -0.25) is 4.98 Å². The zero-order valence-corrected chi connectivity index (χ0v) is 9.14. The molecule has 1 heterocycles. The number of hydrogen-bond acceptors (Lipinski definition) is 2. The van der Waals surface area contributed by atoms with E-state index in [2.05, 4.69) is 4.98 Å². The summed E-state index contributed by atoms with van der Waals surface area (Å²) < 4.78 is 13.3. The minimum atomic E-state index is -1.07. The molecule has 0 atom stereocenters. The van der Waals surface area contributed by atoms with Gasteiger partial charge in [-0.2, -0.15) is 0 Å². The maximum absolute atomic E-state index is 13.3. The first-order valence-electron chi connectivity index (χ1n) is 5.04. The minimum Gasteiger partial charge on any atom is -0.478 e. The summed E-state index contributed by atoms with van der Waals surface area (Å²) in [5, 5.41) is 9.22. The SMILES string of the molecule is Cc1ccc2cc(F)cc(/C=C/C(=O)O)c2n1. The fraction of sp³-hybridized carbons (Fsp3) is 0.0769. The van der Waals surface area contributed by atoms with Crippen LogP contribution in [0.3, 0.4) is 0 Å². The predicted molar refractivity (Wildman–Crippen MR) is 63.1 cm³/mol. The normalized spacial score (nSPS) is 11.2. The first-order valence-corrected chi connectivity index (χ1v) is 5.04. The summed E-state index contributed by atoms with van der Waals surface area (Å²) in [6, 6.07) is 6.19. The smallest absolute Gasteiger partial charge is 0.328 e. The molecule has 3 nitrogen and oxygen atoms in total. The number of benzene rings is 1. The Morgan fingerprint density at radius 3 is 2.88 bits per heavy atom. The second-order valence-electron chi connectivity index (χ2n) is 3.69. The van der Waals surface area contributed by atoms with Crippen LogP contribution >= 0.6 is 0 Å². The second kappa shape index (κ2) is 4.33. The number of pyridine rings is 1. The molecule has 0 amide bonds. The van der Waals surface area contributed by atoms with Gasteiger partial charge in [0, 0.05) is 22.7 Å². The molecule has 0 radical (unpaired) electrons. The average molecular weight is 231 g/mol. The van der Waals surface area contributed by atoms with E-state index in [1.54, 1.807) is 12.1 Å². The molecule has 0 bridgehead atoms. The standard InChI is InChI=1S/C13H10FNO2/c1-8-2-3-9-6-11(14)7-10(13(9)15-8)4-5-12(16)17/h2-7H,1H3,(H,16,17)/b5-4+. The topological polar surface area (TPSA) is 50.2 Å². The van der Waals surface area contributed by atoms with Crippen molar-refractivity contribution in [2.24, 2.45) is 0 Å². The van der Waals surface area contributed by atoms with Crippen LogP contribution in [0, 0.1) is 12.7 Å². The summed E-state index contributed by atoms with van der Waals surface area (Å²) in [5.74, 6) is -1.48. The molecule has 1 N–H and O–H groups in total. The highest BCUT2D eigenvalue weighted by Crippen LogP contribution is 2.20. The van der Waals surface area contributed by atoms with Gasteiger partial charge < -0.3 is 5.11 Å². The molecule has 0 saturated heterocycles. The molecule has 0 fully saturated rings. The molecule has 1 aromatic heterocycles. The van der Waals surface area contributed by atoms with Crippen LogP contribution in [0.1, 0.15) is 11.3 Å². The first-order chi connectivity index (χ1) is 8.06. The lowest BCUT2D eigenvalue weighted by atomic mass is 10.1. The summed E-state index contributed by atoms with van der Waals surface area (Å²) >= 11 is 0.